The molecule has 0 unspecified atom stereocenters. The molecule has 0 radical (unpaired) electrons. The Kier molecular flexibility index (Phi) is 5.31. The normalized spacial score (nSPS) is 11.3. The van der Waals surface area contributed by atoms with E-state index in [4.69, 9.17) is 4.74 Å². The molecule has 0 aliphatic rings. The van der Waals surface area contributed by atoms with Crippen LogP contribution in [0.25, 0.3) is 11.6 Å². The molecule has 25 heavy (non-hydrogen) atoms. The Morgan fingerprint density at radius 2 is 1.92 bits per heavy atom. The highest BCUT2D eigenvalue weighted by Gasteiger charge is 2.11. The Labute approximate surface area is 150 Å². The second-order valence-corrected chi connectivity index (χ2v) is 6.63. The molecule has 0 spiro atoms. The Balaban J connectivity index is 1.77. The molecule has 3 rings (SSSR count). The standard InChI is InChI=1S/C21H18O3S/c1-15-7-9-16(10-8-15)14-24-18-5-2-4-17(12-18)13-19(21(22)23)20-6-3-11-25-20/h2-13H,14H2,1H3,(H,22,23)/b19-13-. The average molecular weight is 350 g/mol. The maximum atomic E-state index is 11.5. The second kappa shape index (κ2) is 7.81. The van der Waals surface area contributed by atoms with Crippen LogP contribution in [0.4, 0.5) is 0 Å². The summed E-state index contributed by atoms with van der Waals surface area (Å²) in [4.78, 5) is 12.3. The summed E-state index contributed by atoms with van der Waals surface area (Å²) in [5.74, 6) is -0.223. The zero-order chi connectivity index (χ0) is 17.6. The Bertz CT molecular complexity index is 878. The van der Waals surface area contributed by atoms with Crippen LogP contribution in [0.3, 0.4) is 0 Å². The number of hydrogen-bond acceptors (Lipinski definition) is 3. The number of benzene rings is 2. The number of carbonyl (C=O) groups is 1. The van der Waals surface area contributed by atoms with E-state index in [-0.39, 0.29) is 5.57 Å². The van der Waals surface area contributed by atoms with Crippen LogP contribution in [0.5, 0.6) is 5.75 Å². The summed E-state index contributed by atoms with van der Waals surface area (Å²) >= 11 is 1.41. The van der Waals surface area contributed by atoms with Crippen LogP contribution in [0.2, 0.25) is 0 Å². The minimum absolute atomic E-state index is 0.283. The molecule has 3 nitrogen and oxygen atoms in total. The zero-order valence-corrected chi connectivity index (χ0v) is 14.6. The van der Waals surface area contributed by atoms with Gasteiger partial charge in [0.2, 0.25) is 0 Å². The van der Waals surface area contributed by atoms with Crippen LogP contribution in [0.1, 0.15) is 21.6 Å². The number of aryl methyl sites for hydroxylation is 1. The summed E-state index contributed by atoms with van der Waals surface area (Å²) in [5.41, 5.74) is 3.39. The molecule has 0 fully saturated rings. The molecular formula is C21H18O3S. The summed E-state index contributed by atoms with van der Waals surface area (Å²) in [6.45, 7) is 2.53. The van der Waals surface area contributed by atoms with Crippen molar-refractivity contribution in [3.63, 3.8) is 0 Å². The van der Waals surface area contributed by atoms with Gasteiger partial charge < -0.3 is 9.84 Å². The average Bonchev–Trinajstić information content (AvgIpc) is 3.13. The van der Waals surface area contributed by atoms with Gasteiger partial charge in [-0.15, -0.1) is 11.3 Å². The number of ether oxygens (including phenoxy) is 1. The predicted molar refractivity (Wildman–Crippen MR) is 102 cm³/mol. The SMILES string of the molecule is Cc1ccc(COc2cccc(/C=C(\C(=O)O)c3cccs3)c2)cc1. The first kappa shape index (κ1) is 17.0. The molecule has 0 bridgehead atoms. The summed E-state index contributed by atoms with van der Waals surface area (Å²) in [6, 6.07) is 19.3. The number of rotatable bonds is 6. The monoisotopic (exact) mass is 350 g/mol. The molecule has 1 N–H and O–H groups in total. The number of carboxylic acids is 1. The molecule has 0 atom stereocenters. The highest BCUT2D eigenvalue weighted by molar-refractivity contribution is 7.11. The lowest BCUT2D eigenvalue weighted by molar-refractivity contribution is -0.130. The summed E-state index contributed by atoms with van der Waals surface area (Å²) in [6.07, 6.45) is 1.67. The van der Waals surface area contributed by atoms with Gasteiger partial charge in [0.1, 0.15) is 12.4 Å². The van der Waals surface area contributed by atoms with Crippen LogP contribution in [0, 0.1) is 6.92 Å². The van der Waals surface area contributed by atoms with Crippen molar-refractivity contribution < 1.29 is 14.6 Å². The Morgan fingerprint density at radius 1 is 1.12 bits per heavy atom. The minimum Gasteiger partial charge on any atom is -0.489 e. The first-order valence-corrected chi connectivity index (χ1v) is 8.77. The number of aliphatic carboxylic acids is 1. The van der Waals surface area contributed by atoms with Crippen molar-refractivity contribution in [3.8, 4) is 5.75 Å². The number of hydrogen-bond donors (Lipinski definition) is 1. The van der Waals surface area contributed by atoms with E-state index in [1.54, 1.807) is 6.08 Å². The largest absolute Gasteiger partial charge is 0.489 e. The third-order valence-corrected chi connectivity index (χ3v) is 4.62. The first-order valence-electron chi connectivity index (χ1n) is 7.89. The molecule has 0 aliphatic carbocycles. The highest BCUT2D eigenvalue weighted by atomic mass is 32.1. The van der Waals surface area contributed by atoms with Gasteiger partial charge in [0.15, 0.2) is 0 Å². The van der Waals surface area contributed by atoms with Gasteiger partial charge in [-0.25, -0.2) is 4.79 Å². The van der Waals surface area contributed by atoms with Gasteiger partial charge in [-0.1, -0.05) is 48.0 Å². The molecule has 1 aromatic heterocycles. The molecule has 1 heterocycles. The predicted octanol–water partition coefficient (Wildman–Crippen LogP) is 5.26. The Morgan fingerprint density at radius 3 is 2.60 bits per heavy atom. The zero-order valence-electron chi connectivity index (χ0n) is 13.8. The second-order valence-electron chi connectivity index (χ2n) is 5.69. The first-order chi connectivity index (χ1) is 12.1. The lowest BCUT2D eigenvalue weighted by Gasteiger charge is -2.08. The third-order valence-electron chi connectivity index (χ3n) is 3.71. The van der Waals surface area contributed by atoms with Gasteiger partial charge in [0.05, 0.1) is 5.57 Å². The molecule has 126 valence electrons. The Hall–Kier alpha value is -2.85. The highest BCUT2D eigenvalue weighted by Crippen LogP contribution is 2.25. The van der Waals surface area contributed by atoms with Crippen LogP contribution in [-0.2, 0) is 11.4 Å². The van der Waals surface area contributed by atoms with Crippen LogP contribution < -0.4 is 4.74 Å². The smallest absolute Gasteiger partial charge is 0.337 e. The fourth-order valence-corrected chi connectivity index (χ4v) is 3.12. The molecule has 0 aliphatic heterocycles. The van der Waals surface area contributed by atoms with Crippen molar-refractivity contribution in [2.45, 2.75) is 13.5 Å². The lowest BCUT2D eigenvalue weighted by Crippen LogP contribution is -1.98. The van der Waals surface area contributed by atoms with Gasteiger partial charge in [-0.2, -0.15) is 0 Å². The number of carboxylic acid groups (broad SMARTS) is 1. The third kappa shape index (κ3) is 4.58. The maximum absolute atomic E-state index is 11.5. The molecule has 2 aromatic carbocycles. The van der Waals surface area contributed by atoms with Crippen LogP contribution >= 0.6 is 11.3 Å². The molecule has 4 heteroatoms. The van der Waals surface area contributed by atoms with E-state index in [0.717, 1.165) is 16.0 Å². The van der Waals surface area contributed by atoms with E-state index in [9.17, 15) is 9.90 Å². The number of thiophene rings is 1. The van der Waals surface area contributed by atoms with Gasteiger partial charge >= 0.3 is 5.97 Å². The van der Waals surface area contributed by atoms with Crippen molar-refractivity contribution in [1.82, 2.24) is 0 Å². The van der Waals surface area contributed by atoms with Crippen molar-refractivity contribution in [3.05, 3.63) is 87.6 Å². The van der Waals surface area contributed by atoms with Gasteiger partial charge in [-0.05, 0) is 47.7 Å². The summed E-state index contributed by atoms with van der Waals surface area (Å²) < 4.78 is 5.83. The van der Waals surface area contributed by atoms with E-state index in [1.165, 1.54) is 16.9 Å². The van der Waals surface area contributed by atoms with Crippen molar-refractivity contribution in [1.29, 1.82) is 0 Å². The van der Waals surface area contributed by atoms with Gasteiger partial charge in [0, 0.05) is 4.88 Å². The van der Waals surface area contributed by atoms with Crippen LogP contribution in [0.15, 0.2) is 66.0 Å². The molecule has 0 saturated carbocycles. The van der Waals surface area contributed by atoms with E-state index >= 15 is 0 Å². The quantitative estimate of drug-likeness (QED) is 0.617. The van der Waals surface area contributed by atoms with Crippen molar-refractivity contribution in [2.75, 3.05) is 0 Å². The summed E-state index contributed by atoms with van der Waals surface area (Å²) in [5, 5.41) is 11.3. The van der Waals surface area contributed by atoms with Crippen molar-refractivity contribution >= 4 is 29.0 Å². The van der Waals surface area contributed by atoms with E-state index in [0.29, 0.717) is 12.4 Å². The summed E-state index contributed by atoms with van der Waals surface area (Å²) in [7, 11) is 0. The molecular weight excluding hydrogens is 332 g/mol. The fraction of sp³-hybridized carbons (Fsp3) is 0.0952. The topological polar surface area (TPSA) is 46.5 Å². The van der Waals surface area contributed by atoms with E-state index in [1.807, 2.05) is 60.8 Å². The van der Waals surface area contributed by atoms with E-state index < -0.39 is 5.97 Å². The van der Waals surface area contributed by atoms with Gasteiger partial charge in [0.25, 0.3) is 0 Å². The molecule has 0 amide bonds. The van der Waals surface area contributed by atoms with Crippen LogP contribution in [-0.4, -0.2) is 11.1 Å². The van der Waals surface area contributed by atoms with E-state index in [2.05, 4.69) is 12.1 Å². The van der Waals surface area contributed by atoms with Crippen molar-refractivity contribution in [2.24, 2.45) is 0 Å². The molecule has 0 saturated heterocycles. The molecule has 3 aromatic rings. The lowest BCUT2D eigenvalue weighted by atomic mass is 10.1. The fourth-order valence-electron chi connectivity index (χ4n) is 2.38. The minimum atomic E-state index is -0.937. The maximum Gasteiger partial charge on any atom is 0.337 e. The van der Waals surface area contributed by atoms with Gasteiger partial charge in [-0.3, -0.25) is 0 Å².